The van der Waals surface area contributed by atoms with Crippen LogP contribution < -0.4 is 5.32 Å². The molecule has 0 aliphatic carbocycles. The maximum atomic E-state index is 11.5. The van der Waals surface area contributed by atoms with E-state index in [4.69, 9.17) is 10.2 Å². The lowest BCUT2D eigenvalue weighted by Crippen LogP contribution is -2.47. The van der Waals surface area contributed by atoms with Crippen LogP contribution in [0.15, 0.2) is 18.7 Å². The highest BCUT2D eigenvalue weighted by atomic mass is 16.4. The Morgan fingerprint density at radius 1 is 1.38 bits per heavy atom. The molecule has 7 nitrogen and oxygen atoms in total. The van der Waals surface area contributed by atoms with Crippen LogP contribution in [0.3, 0.4) is 0 Å². The van der Waals surface area contributed by atoms with Gasteiger partial charge in [0.15, 0.2) is 6.04 Å². The molecule has 7 heteroatoms. The minimum absolute atomic E-state index is 0.134. The number of carboxylic acids is 1. The number of carbonyl (C=O) groups excluding carboxylic acids is 1. The summed E-state index contributed by atoms with van der Waals surface area (Å²) in [7, 11) is 0. The van der Waals surface area contributed by atoms with Gasteiger partial charge in [-0.05, 0) is 6.92 Å². The second-order valence-corrected chi connectivity index (χ2v) is 3.16. The van der Waals surface area contributed by atoms with Crippen molar-refractivity contribution in [2.24, 2.45) is 0 Å². The number of aliphatic hydroxyl groups excluding tert-OH is 1. The van der Waals surface area contributed by atoms with E-state index in [0.717, 1.165) is 0 Å². The first kappa shape index (κ1) is 12.1. The van der Waals surface area contributed by atoms with Crippen LogP contribution in [0.25, 0.3) is 0 Å². The zero-order valence-corrected chi connectivity index (χ0v) is 8.49. The van der Waals surface area contributed by atoms with Crippen molar-refractivity contribution in [1.82, 2.24) is 15.3 Å². The third-order valence-electron chi connectivity index (χ3n) is 1.86. The SMILES string of the molecule is C[C@@H](O)[C@H](NC(=O)c1cncnc1)C(=O)O. The topological polar surface area (TPSA) is 112 Å². The predicted molar refractivity (Wildman–Crippen MR) is 52.6 cm³/mol. The van der Waals surface area contributed by atoms with Crippen LogP contribution in [0.1, 0.15) is 17.3 Å². The molecule has 0 aliphatic heterocycles. The minimum Gasteiger partial charge on any atom is -0.480 e. The Bertz CT molecular complexity index is 380. The van der Waals surface area contributed by atoms with Crippen LogP contribution in [0.4, 0.5) is 0 Å². The van der Waals surface area contributed by atoms with E-state index in [-0.39, 0.29) is 5.56 Å². The molecule has 0 saturated carbocycles. The summed E-state index contributed by atoms with van der Waals surface area (Å²) in [6.07, 6.45) is 2.57. The molecule has 1 aromatic heterocycles. The molecule has 0 spiro atoms. The first-order valence-electron chi connectivity index (χ1n) is 4.49. The lowest BCUT2D eigenvalue weighted by molar-refractivity contribution is -0.141. The molecule has 0 unspecified atom stereocenters. The van der Waals surface area contributed by atoms with E-state index in [0.29, 0.717) is 0 Å². The Morgan fingerprint density at radius 2 is 1.94 bits per heavy atom. The third-order valence-corrected chi connectivity index (χ3v) is 1.86. The minimum atomic E-state index is -1.35. The average molecular weight is 225 g/mol. The predicted octanol–water partition coefficient (Wildman–Crippen LogP) is -0.960. The number of hydrogen-bond acceptors (Lipinski definition) is 5. The lowest BCUT2D eigenvalue weighted by atomic mass is 10.1. The van der Waals surface area contributed by atoms with Gasteiger partial charge in [-0.1, -0.05) is 0 Å². The molecule has 0 aromatic carbocycles. The highest BCUT2D eigenvalue weighted by molar-refractivity contribution is 5.96. The number of carbonyl (C=O) groups is 2. The Hall–Kier alpha value is -2.02. The van der Waals surface area contributed by atoms with E-state index in [1.807, 2.05) is 0 Å². The Kier molecular flexibility index (Phi) is 3.90. The quantitative estimate of drug-likeness (QED) is 0.608. The number of aliphatic hydroxyl groups is 1. The molecule has 86 valence electrons. The van der Waals surface area contributed by atoms with E-state index in [1.165, 1.54) is 25.6 Å². The number of aromatic nitrogens is 2. The fourth-order valence-corrected chi connectivity index (χ4v) is 1.03. The summed E-state index contributed by atoms with van der Waals surface area (Å²) >= 11 is 0. The van der Waals surface area contributed by atoms with E-state index >= 15 is 0 Å². The normalized spacial score (nSPS) is 13.9. The van der Waals surface area contributed by atoms with Crippen molar-refractivity contribution >= 4 is 11.9 Å². The molecule has 0 radical (unpaired) electrons. The van der Waals surface area contributed by atoms with Gasteiger partial charge in [0.25, 0.3) is 5.91 Å². The number of hydrogen-bond donors (Lipinski definition) is 3. The summed E-state index contributed by atoms with van der Waals surface area (Å²) in [4.78, 5) is 29.4. The van der Waals surface area contributed by atoms with Crippen LogP contribution in [0.2, 0.25) is 0 Å². The molecule has 1 amide bonds. The highest BCUT2D eigenvalue weighted by Crippen LogP contribution is 1.98. The maximum absolute atomic E-state index is 11.5. The second-order valence-electron chi connectivity index (χ2n) is 3.16. The van der Waals surface area contributed by atoms with Crippen LogP contribution >= 0.6 is 0 Å². The van der Waals surface area contributed by atoms with Crippen LogP contribution in [-0.4, -0.2) is 44.2 Å². The summed E-state index contributed by atoms with van der Waals surface area (Å²) in [5, 5.41) is 20.0. The molecule has 1 rings (SSSR count). The molecular weight excluding hydrogens is 214 g/mol. The molecule has 0 bridgehead atoms. The molecule has 0 aliphatic rings. The summed E-state index contributed by atoms with van der Waals surface area (Å²) in [6.45, 7) is 1.28. The lowest BCUT2D eigenvalue weighted by Gasteiger charge is -2.16. The fourth-order valence-electron chi connectivity index (χ4n) is 1.03. The van der Waals surface area contributed by atoms with Gasteiger partial charge in [0.1, 0.15) is 6.33 Å². The first-order valence-corrected chi connectivity index (χ1v) is 4.49. The van der Waals surface area contributed by atoms with Gasteiger partial charge in [0.05, 0.1) is 11.7 Å². The van der Waals surface area contributed by atoms with Crippen LogP contribution in [-0.2, 0) is 4.79 Å². The summed E-state index contributed by atoms with van der Waals surface area (Å²) in [6, 6.07) is -1.35. The van der Waals surface area contributed by atoms with E-state index in [9.17, 15) is 9.59 Å². The smallest absolute Gasteiger partial charge is 0.328 e. The van der Waals surface area contributed by atoms with Gasteiger partial charge in [0, 0.05) is 12.4 Å². The maximum Gasteiger partial charge on any atom is 0.328 e. The Balaban J connectivity index is 2.74. The number of carboxylic acid groups (broad SMARTS) is 1. The number of rotatable bonds is 4. The van der Waals surface area contributed by atoms with Crippen molar-refractivity contribution in [3.8, 4) is 0 Å². The molecule has 3 N–H and O–H groups in total. The van der Waals surface area contributed by atoms with E-state index in [2.05, 4.69) is 15.3 Å². The zero-order valence-electron chi connectivity index (χ0n) is 8.49. The van der Waals surface area contributed by atoms with Crippen molar-refractivity contribution in [3.05, 3.63) is 24.3 Å². The average Bonchev–Trinajstić information content (AvgIpc) is 2.25. The van der Waals surface area contributed by atoms with Gasteiger partial charge in [0.2, 0.25) is 0 Å². The third kappa shape index (κ3) is 2.99. The van der Waals surface area contributed by atoms with Crippen molar-refractivity contribution in [2.45, 2.75) is 19.1 Å². The molecule has 0 saturated heterocycles. The van der Waals surface area contributed by atoms with Crippen molar-refractivity contribution in [1.29, 1.82) is 0 Å². The van der Waals surface area contributed by atoms with Crippen molar-refractivity contribution in [2.75, 3.05) is 0 Å². The number of nitrogens with zero attached hydrogens (tertiary/aromatic N) is 2. The standard InChI is InChI=1S/C9H11N3O4/c1-5(13)7(9(15)16)12-8(14)6-2-10-4-11-3-6/h2-5,7,13H,1H3,(H,12,14)(H,15,16)/t5-,7+/m1/s1. The van der Waals surface area contributed by atoms with Gasteiger partial charge < -0.3 is 15.5 Å². The van der Waals surface area contributed by atoms with Gasteiger partial charge in [-0.3, -0.25) is 4.79 Å². The van der Waals surface area contributed by atoms with E-state index < -0.39 is 24.0 Å². The number of aliphatic carboxylic acids is 1. The van der Waals surface area contributed by atoms with Gasteiger partial charge in [-0.15, -0.1) is 0 Å². The zero-order chi connectivity index (χ0) is 12.1. The van der Waals surface area contributed by atoms with Crippen LogP contribution in [0.5, 0.6) is 0 Å². The van der Waals surface area contributed by atoms with Gasteiger partial charge >= 0.3 is 5.97 Å². The first-order chi connectivity index (χ1) is 7.52. The number of amides is 1. The summed E-state index contributed by atoms with van der Waals surface area (Å²) in [5.74, 6) is -1.95. The van der Waals surface area contributed by atoms with E-state index in [1.54, 1.807) is 0 Å². The largest absolute Gasteiger partial charge is 0.480 e. The Morgan fingerprint density at radius 3 is 2.38 bits per heavy atom. The van der Waals surface area contributed by atoms with Crippen molar-refractivity contribution < 1.29 is 19.8 Å². The van der Waals surface area contributed by atoms with Gasteiger partial charge in [-0.2, -0.15) is 0 Å². The second kappa shape index (κ2) is 5.17. The molecule has 1 aromatic rings. The van der Waals surface area contributed by atoms with Crippen LogP contribution in [0, 0.1) is 0 Å². The fraction of sp³-hybridized carbons (Fsp3) is 0.333. The van der Waals surface area contributed by atoms with Gasteiger partial charge in [-0.25, -0.2) is 14.8 Å². The van der Waals surface area contributed by atoms with Crippen molar-refractivity contribution in [3.63, 3.8) is 0 Å². The molecule has 2 atom stereocenters. The Labute approximate surface area is 91.2 Å². The summed E-state index contributed by atoms with van der Waals surface area (Å²) < 4.78 is 0. The summed E-state index contributed by atoms with van der Waals surface area (Å²) in [5.41, 5.74) is 0.134. The molecule has 0 fully saturated rings. The monoisotopic (exact) mass is 225 g/mol. The molecule has 16 heavy (non-hydrogen) atoms. The molecular formula is C9H11N3O4. The molecule has 1 heterocycles. The highest BCUT2D eigenvalue weighted by Gasteiger charge is 2.25. The number of nitrogens with one attached hydrogen (secondary N) is 1.